The summed E-state index contributed by atoms with van der Waals surface area (Å²) in [5, 5.41) is 27.6. The molecule has 3 rings (SSSR count). The van der Waals surface area contributed by atoms with Crippen molar-refractivity contribution < 1.29 is 28.9 Å². The van der Waals surface area contributed by atoms with Crippen molar-refractivity contribution in [3.05, 3.63) is 77.4 Å². The van der Waals surface area contributed by atoms with Crippen LogP contribution < -0.4 is 15.4 Å². The van der Waals surface area contributed by atoms with Crippen LogP contribution in [-0.4, -0.2) is 68.2 Å². The maximum Gasteiger partial charge on any atom is 0.408 e. The van der Waals surface area contributed by atoms with Gasteiger partial charge in [-0.05, 0) is 62.7 Å². The molecule has 1 heterocycles. The predicted molar refractivity (Wildman–Crippen MR) is 152 cm³/mol. The van der Waals surface area contributed by atoms with E-state index in [1.165, 1.54) is 10.7 Å². The smallest absolute Gasteiger partial charge is 0.408 e. The third kappa shape index (κ3) is 9.45. The van der Waals surface area contributed by atoms with Gasteiger partial charge in [0.05, 0.1) is 13.2 Å². The highest BCUT2D eigenvalue weighted by atomic mass is 16.6. The second kappa shape index (κ2) is 14.3. The highest BCUT2D eigenvalue weighted by molar-refractivity contribution is 5.89. The molecule has 0 saturated heterocycles. The van der Waals surface area contributed by atoms with Gasteiger partial charge in [-0.25, -0.2) is 16.0 Å². The zero-order valence-corrected chi connectivity index (χ0v) is 24.4. The van der Waals surface area contributed by atoms with E-state index < -0.39 is 35.2 Å². The minimum Gasteiger partial charge on any atom is -0.504 e. The van der Waals surface area contributed by atoms with Gasteiger partial charge in [0.15, 0.2) is 23.4 Å². The van der Waals surface area contributed by atoms with Crippen molar-refractivity contribution >= 4 is 12.0 Å². The van der Waals surface area contributed by atoms with Crippen LogP contribution in [0.4, 0.5) is 4.79 Å². The Morgan fingerprint density at radius 3 is 2.40 bits per heavy atom. The zero-order valence-electron chi connectivity index (χ0n) is 24.4. The number of benzene rings is 2. The monoisotopic (exact) mass is 579 g/mol. The summed E-state index contributed by atoms with van der Waals surface area (Å²) in [6.07, 6.45) is -0.747. The van der Waals surface area contributed by atoms with Crippen LogP contribution in [0.15, 0.2) is 54.6 Å². The van der Waals surface area contributed by atoms with Gasteiger partial charge in [-0.3, -0.25) is 4.79 Å². The third-order valence-corrected chi connectivity index (χ3v) is 5.86. The maximum absolute atomic E-state index is 13.4. The van der Waals surface area contributed by atoms with E-state index in [1.54, 1.807) is 52.8 Å². The van der Waals surface area contributed by atoms with Gasteiger partial charge >= 0.3 is 6.09 Å². The number of nitrogens with zero attached hydrogens (tertiary/aromatic N) is 5. The van der Waals surface area contributed by atoms with Gasteiger partial charge in [0.25, 0.3) is 0 Å². The second-order valence-electron chi connectivity index (χ2n) is 11.0. The lowest BCUT2D eigenvalue weighted by Gasteiger charge is -2.29. The average Bonchev–Trinajstić information content (AvgIpc) is 3.40. The van der Waals surface area contributed by atoms with E-state index in [2.05, 4.69) is 31.0 Å². The van der Waals surface area contributed by atoms with Crippen LogP contribution in [0.2, 0.25) is 0 Å². The molecule has 0 aliphatic rings. The Bertz CT molecular complexity index is 1360. The van der Waals surface area contributed by atoms with Gasteiger partial charge in [0.2, 0.25) is 12.5 Å². The van der Waals surface area contributed by atoms with Crippen LogP contribution in [0.1, 0.15) is 58.1 Å². The molecule has 0 aliphatic carbocycles. The molecule has 0 saturated carbocycles. The SMILES string of the molecule is [C-]#[N+]C[C@H](COc1ccccc1O)n1nnnc1[C@@H](COCc1ccccc1)NC(=O)C(C)(C)NC(=O)OC(C)(C)C. The first-order chi connectivity index (χ1) is 19.9. The minimum absolute atomic E-state index is 0.0193. The normalized spacial score (nSPS) is 13.0. The number of hydrogen-bond donors (Lipinski definition) is 3. The molecule has 0 radical (unpaired) electrons. The summed E-state index contributed by atoms with van der Waals surface area (Å²) in [5.41, 5.74) is -1.19. The summed E-state index contributed by atoms with van der Waals surface area (Å²) in [4.78, 5) is 29.4. The van der Waals surface area contributed by atoms with Crippen LogP contribution in [-0.2, 0) is 20.9 Å². The molecule has 2 atom stereocenters. The summed E-state index contributed by atoms with van der Waals surface area (Å²) in [6, 6.07) is 14.4. The molecule has 0 unspecified atom stereocenters. The Labute approximate surface area is 245 Å². The van der Waals surface area contributed by atoms with Crippen molar-refractivity contribution in [2.45, 2.75) is 64.4 Å². The molecule has 224 valence electrons. The molecular formula is C29H37N7O6. The average molecular weight is 580 g/mol. The second-order valence-corrected chi connectivity index (χ2v) is 11.0. The van der Waals surface area contributed by atoms with Crippen molar-refractivity contribution in [2.24, 2.45) is 0 Å². The Morgan fingerprint density at radius 2 is 1.74 bits per heavy atom. The summed E-state index contributed by atoms with van der Waals surface area (Å²) < 4.78 is 18.4. The molecule has 1 aromatic heterocycles. The fourth-order valence-electron chi connectivity index (χ4n) is 3.77. The first-order valence-electron chi connectivity index (χ1n) is 13.3. The van der Waals surface area contributed by atoms with Crippen molar-refractivity contribution in [2.75, 3.05) is 19.8 Å². The molecule has 0 aliphatic heterocycles. The van der Waals surface area contributed by atoms with E-state index in [9.17, 15) is 14.7 Å². The number of phenolic OH excluding ortho intramolecular Hbond substituents is 1. The highest BCUT2D eigenvalue weighted by Gasteiger charge is 2.35. The molecule has 42 heavy (non-hydrogen) atoms. The molecule has 0 bridgehead atoms. The molecule has 0 fully saturated rings. The number of para-hydroxylation sites is 2. The Hall–Kier alpha value is -4.70. The number of tetrazole rings is 1. The van der Waals surface area contributed by atoms with Crippen LogP contribution >= 0.6 is 0 Å². The van der Waals surface area contributed by atoms with Gasteiger partial charge < -0.3 is 34.8 Å². The summed E-state index contributed by atoms with van der Waals surface area (Å²) in [5.74, 6) is -0.120. The van der Waals surface area contributed by atoms with Gasteiger partial charge in [0, 0.05) is 0 Å². The fraction of sp³-hybridized carbons (Fsp3) is 0.448. The van der Waals surface area contributed by atoms with Crippen LogP contribution in [0.25, 0.3) is 4.85 Å². The lowest BCUT2D eigenvalue weighted by molar-refractivity contribution is -0.127. The van der Waals surface area contributed by atoms with E-state index in [0.29, 0.717) is 0 Å². The number of aromatic nitrogens is 4. The third-order valence-electron chi connectivity index (χ3n) is 5.86. The van der Waals surface area contributed by atoms with Gasteiger partial charge in [-0.2, -0.15) is 0 Å². The van der Waals surface area contributed by atoms with Crippen LogP contribution in [0, 0.1) is 6.57 Å². The number of alkyl carbamates (subject to hydrolysis) is 1. The maximum atomic E-state index is 13.4. The number of carbonyl (C=O) groups excluding carboxylic acids is 2. The largest absolute Gasteiger partial charge is 0.504 e. The number of carbonyl (C=O) groups is 2. The highest BCUT2D eigenvalue weighted by Crippen LogP contribution is 2.26. The van der Waals surface area contributed by atoms with Gasteiger partial charge in [0.1, 0.15) is 23.8 Å². The van der Waals surface area contributed by atoms with Crippen LogP contribution in [0.3, 0.4) is 0 Å². The van der Waals surface area contributed by atoms with Crippen molar-refractivity contribution in [1.29, 1.82) is 0 Å². The summed E-state index contributed by atoms with van der Waals surface area (Å²) in [7, 11) is 0. The number of phenols is 1. The molecule has 2 amide bonds. The van der Waals surface area contributed by atoms with E-state index in [-0.39, 0.29) is 43.7 Å². The topological polar surface area (TPSA) is 154 Å². The molecule has 3 N–H and O–H groups in total. The van der Waals surface area contributed by atoms with Gasteiger partial charge in [-0.15, -0.1) is 5.10 Å². The number of nitrogens with one attached hydrogen (secondary N) is 2. The van der Waals surface area contributed by atoms with E-state index in [4.69, 9.17) is 20.8 Å². The number of rotatable bonds is 13. The number of aromatic hydroxyl groups is 1. The van der Waals surface area contributed by atoms with E-state index in [0.717, 1.165) is 5.56 Å². The molecular weight excluding hydrogens is 542 g/mol. The lowest BCUT2D eigenvalue weighted by atomic mass is 10.0. The predicted octanol–water partition coefficient (Wildman–Crippen LogP) is 3.60. The number of amides is 2. The quantitative estimate of drug-likeness (QED) is 0.258. The fourth-order valence-corrected chi connectivity index (χ4v) is 3.77. The van der Waals surface area contributed by atoms with E-state index in [1.807, 2.05) is 30.3 Å². The van der Waals surface area contributed by atoms with Gasteiger partial charge in [-0.1, -0.05) is 42.5 Å². The molecule has 2 aromatic carbocycles. The van der Waals surface area contributed by atoms with E-state index >= 15 is 0 Å². The molecule has 0 spiro atoms. The minimum atomic E-state index is -1.37. The first-order valence-corrected chi connectivity index (χ1v) is 13.3. The van der Waals surface area contributed by atoms with Crippen molar-refractivity contribution in [3.63, 3.8) is 0 Å². The Balaban J connectivity index is 1.83. The standard InChI is InChI=1S/C29H37N7O6/c1-28(2,3)42-27(39)32-29(4,5)26(38)31-22(19-40-17-20-12-8-7-9-13-20)25-33-34-35-36(25)21(16-30-6)18-41-24-15-11-10-14-23(24)37/h7-15,21-22,37H,16-19H2,1-5H3,(H,31,38)(H,32,39)/t21-,22-/m1/s1. The number of ether oxygens (including phenoxy) is 3. The number of hydrogen-bond acceptors (Lipinski definition) is 9. The van der Waals surface area contributed by atoms with Crippen LogP contribution in [0.5, 0.6) is 11.5 Å². The summed E-state index contributed by atoms with van der Waals surface area (Å²) in [6.45, 7) is 15.9. The molecule has 13 heteroatoms. The van der Waals surface area contributed by atoms with Crippen molar-refractivity contribution in [3.8, 4) is 11.5 Å². The molecule has 3 aromatic rings. The Kier molecular flexibility index (Phi) is 10.8. The lowest BCUT2D eigenvalue weighted by Crippen LogP contribution is -2.56. The van der Waals surface area contributed by atoms with Crippen molar-refractivity contribution in [1.82, 2.24) is 30.8 Å². The zero-order chi connectivity index (χ0) is 30.8. The Morgan fingerprint density at radius 1 is 1.05 bits per heavy atom. The molecule has 13 nitrogen and oxygen atoms in total. The first kappa shape index (κ1) is 31.8. The summed E-state index contributed by atoms with van der Waals surface area (Å²) >= 11 is 0.